The van der Waals surface area contributed by atoms with E-state index in [9.17, 15) is 9.18 Å². The highest BCUT2D eigenvalue weighted by atomic mass is 19.1. The van der Waals surface area contributed by atoms with E-state index in [-0.39, 0.29) is 11.6 Å². The van der Waals surface area contributed by atoms with Crippen molar-refractivity contribution in [2.45, 2.75) is 18.8 Å². The summed E-state index contributed by atoms with van der Waals surface area (Å²) in [6.45, 7) is 2.04. The zero-order valence-corrected chi connectivity index (χ0v) is 9.95. The summed E-state index contributed by atoms with van der Waals surface area (Å²) in [7, 11) is 2.11. The Morgan fingerprint density at radius 2 is 2.24 bits per heavy atom. The molecule has 0 radical (unpaired) electrons. The van der Waals surface area contributed by atoms with Gasteiger partial charge in [0.2, 0.25) is 0 Å². The van der Waals surface area contributed by atoms with Crippen molar-refractivity contribution in [2.75, 3.05) is 20.1 Å². The lowest BCUT2D eigenvalue weighted by Gasteiger charge is -2.40. The van der Waals surface area contributed by atoms with Crippen LogP contribution >= 0.6 is 0 Å². The average Bonchev–Trinajstić information content (AvgIpc) is 2.30. The van der Waals surface area contributed by atoms with Crippen LogP contribution in [0, 0.1) is 11.7 Å². The first-order valence-corrected chi connectivity index (χ1v) is 6.16. The van der Waals surface area contributed by atoms with E-state index in [2.05, 4.69) is 11.9 Å². The molecule has 1 heterocycles. The third-order valence-corrected chi connectivity index (χ3v) is 4.12. The summed E-state index contributed by atoms with van der Waals surface area (Å²) >= 11 is 0. The highest BCUT2D eigenvalue weighted by molar-refractivity contribution is 5.99. The Bertz CT molecular complexity index is 471. The first kappa shape index (κ1) is 10.9. The predicted octanol–water partition coefficient (Wildman–Crippen LogP) is 2.45. The number of hydrogen-bond acceptors (Lipinski definition) is 2. The highest BCUT2D eigenvalue weighted by Crippen LogP contribution is 2.40. The Balaban J connectivity index is 2.05. The first-order valence-electron chi connectivity index (χ1n) is 6.16. The van der Waals surface area contributed by atoms with Gasteiger partial charge in [0.1, 0.15) is 5.82 Å². The number of likely N-dealkylation sites (N-methyl/N-ethyl adjacent to an activating group) is 1. The van der Waals surface area contributed by atoms with E-state index in [1.165, 1.54) is 12.1 Å². The van der Waals surface area contributed by atoms with Gasteiger partial charge in [0, 0.05) is 24.4 Å². The van der Waals surface area contributed by atoms with Gasteiger partial charge in [-0.25, -0.2) is 4.39 Å². The van der Waals surface area contributed by atoms with Gasteiger partial charge in [0.15, 0.2) is 5.78 Å². The van der Waals surface area contributed by atoms with Crippen LogP contribution in [0.25, 0.3) is 0 Å². The molecule has 3 heteroatoms. The highest BCUT2D eigenvalue weighted by Gasteiger charge is 2.36. The molecule has 0 spiro atoms. The van der Waals surface area contributed by atoms with Gasteiger partial charge in [0.25, 0.3) is 0 Å². The Hall–Kier alpha value is -1.22. The van der Waals surface area contributed by atoms with E-state index < -0.39 is 0 Å². The summed E-state index contributed by atoms with van der Waals surface area (Å²) in [6, 6.07) is 4.68. The van der Waals surface area contributed by atoms with Crippen molar-refractivity contribution in [1.82, 2.24) is 4.90 Å². The largest absolute Gasteiger partial charge is 0.306 e. The molecule has 2 aliphatic rings. The zero-order chi connectivity index (χ0) is 12.0. The van der Waals surface area contributed by atoms with Crippen LogP contribution in [0.15, 0.2) is 18.2 Å². The maximum Gasteiger partial charge on any atom is 0.163 e. The number of Topliss-reactive ketones (excluding diaryl/α,β-unsaturated/α-hetero) is 1. The van der Waals surface area contributed by atoms with Gasteiger partial charge >= 0.3 is 0 Å². The topological polar surface area (TPSA) is 20.3 Å². The number of ketones is 1. The van der Waals surface area contributed by atoms with Crippen LogP contribution in [0.5, 0.6) is 0 Å². The van der Waals surface area contributed by atoms with Gasteiger partial charge in [-0.1, -0.05) is 6.07 Å². The maximum absolute atomic E-state index is 13.2. The molecule has 3 rings (SSSR count). The Labute approximate surface area is 100 Å². The van der Waals surface area contributed by atoms with Crippen LogP contribution in [0.2, 0.25) is 0 Å². The smallest absolute Gasteiger partial charge is 0.163 e. The van der Waals surface area contributed by atoms with Crippen molar-refractivity contribution in [3.63, 3.8) is 0 Å². The number of rotatable bonds is 0. The fourth-order valence-corrected chi connectivity index (χ4v) is 3.20. The Kier molecular flexibility index (Phi) is 2.51. The van der Waals surface area contributed by atoms with Crippen LogP contribution in [-0.4, -0.2) is 30.8 Å². The number of carbonyl (C=O) groups is 1. The summed E-state index contributed by atoms with van der Waals surface area (Å²) < 4.78 is 13.2. The van der Waals surface area contributed by atoms with Crippen LogP contribution in [0.4, 0.5) is 4.39 Å². The second kappa shape index (κ2) is 3.91. The SMILES string of the molecule is CN1CC[C@@H]2CC(=O)c3cc(F)ccc3[C@H]2C1. The molecule has 1 aromatic rings. The van der Waals surface area contributed by atoms with E-state index in [0.717, 1.165) is 25.1 Å². The third kappa shape index (κ3) is 1.78. The quantitative estimate of drug-likeness (QED) is 0.686. The van der Waals surface area contributed by atoms with Gasteiger partial charge in [-0.05, 0) is 43.6 Å². The molecule has 0 bridgehead atoms. The minimum absolute atomic E-state index is 0.116. The van der Waals surface area contributed by atoms with E-state index in [1.807, 2.05) is 0 Å². The van der Waals surface area contributed by atoms with Crippen LogP contribution in [0.3, 0.4) is 0 Å². The molecule has 90 valence electrons. The number of hydrogen-bond donors (Lipinski definition) is 0. The maximum atomic E-state index is 13.2. The van der Waals surface area contributed by atoms with Crippen LogP contribution < -0.4 is 0 Å². The number of carbonyl (C=O) groups excluding carboxylic acids is 1. The molecular weight excluding hydrogens is 217 g/mol. The van der Waals surface area contributed by atoms with Crippen LogP contribution in [-0.2, 0) is 0 Å². The molecule has 0 saturated carbocycles. The Morgan fingerprint density at radius 1 is 1.41 bits per heavy atom. The third-order valence-electron chi connectivity index (χ3n) is 4.12. The van der Waals surface area contributed by atoms with Gasteiger partial charge in [-0.3, -0.25) is 4.79 Å². The molecule has 1 fully saturated rings. The molecule has 2 atom stereocenters. The molecule has 1 aromatic carbocycles. The average molecular weight is 233 g/mol. The molecule has 1 saturated heterocycles. The van der Waals surface area contributed by atoms with E-state index in [1.54, 1.807) is 6.07 Å². The molecule has 0 N–H and O–H groups in total. The first-order chi connectivity index (χ1) is 8.15. The Morgan fingerprint density at radius 3 is 3.06 bits per heavy atom. The molecule has 0 aromatic heterocycles. The van der Waals surface area contributed by atoms with E-state index >= 15 is 0 Å². The summed E-state index contributed by atoms with van der Waals surface area (Å²) in [5.74, 6) is 0.670. The summed E-state index contributed by atoms with van der Waals surface area (Å²) in [4.78, 5) is 14.3. The number of halogens is 1. The van der Waals surface area contributed by atoms with Gasteiger partial charge in [-0.15, -0.1) is 0 Å². The van der Waals surface area contributed by atoms with Crippen molar-refractivity contribution in [2.24, 2.45) is 5.92 Å². The molecule has 17 heavy (non-hydrogen) atoms. The van der Waals surface area contributed by atoms with Gasteiger partial charge in [0.05, 0.1) is 0 Å². The molecule has 1 aliphatic carbocycles. The normalized spacial score (nSPS) is 28.7. The predicted molar refractivity (Wildman–Crippen MR) is 63.7 cm³/mol. The fourth-order valence-electron chi connectivity index (χ4n) is 3.20. The lowest BCUT2D eigenvalue weighted by Crippen LogP contribution is -2.40. The van der Waals surface area contributed by atoms with E-state index in [4.69, 9.17) is 0 Å². The monoisotopic (exact) mass is 233 g/mol. The summed E-state index contributed by atoms with van der Waals surface area (Å²) in [5, 5.41) is 0. The molecular formula is C14H16FNO. The van der Waals surface area contributed by atoms with Crippen molar-refractivity contribution in [1.29, 1.82) is 0 Å². The standard InChI is InChI=1S/C14H16FNO/c1-16-5-4-9-6-14(17)12-7-10(15)2-3-11(12)13(9)8-16/h2-3,7,9,13H,4-6,8H2,1H3/t9-,13+/m1/s1. The molecule has 0 amide bonds. The molecule has 0 unspecified atom stereocenters. The van der Waals surface area contributed by atoms with Crippen molar-refractivity contribution >= 4 is 5.78 Å². The zero-order valence-electron chi connectivity index (χ0n) is 9.95. The van der Waals surface area contributed by atoms with Crippen molar-refractivity contribution in [3.05, 3.63) is 35.1 Å². The minimum Gasteiger partial charge on any atom is -0.306 e. The lowest BCUT2D eigenvalue weighted by atomic mass is 9.71. The minimum atomic E-state index is -0.306. The van der Waals surface area contributed by atoms with Crippen LogP contribution in [0.1, 0.15) is 34.7 Å². The molecule has 1 aliphatic heterocycles. The lowest BCUT2D eigenvalue weighted by molar-refractivity contribution is 0.0886. The number of benzene rings is 1. The van der Waals surface area contributed by atoms with E-state index in [0.29, 0.717) is 23.8 Å². The number of likely N-dealkylation sites (tertiary alicyclic amines) is 1. The van der Waals surface area contributed by atoms with Crippen molar-refractivity contribution in [3.8, 4) is 0 Å². The van der Waals surface area contributed by atoms with Crippen molar-refractivity contribution < 1.29 is 9.18 Å². The molecule has 2 nitrogen and oxygen atoms in total. The summed E-state index contributed by atoms with van der Waals surface area (Å²) in [6.07, 6.45) is 1.67. The number of piperidine rings is 1. The number of nitrogens with zero attached hydrogens (tertiary/aromatic N) is 1. The second-order valence-corrected chi connectivity index (χ2v) is 5.28. The number of fused-ring (bicyclic) bond motifs is 3. The second-order valence-electron chi connectivity index (χ2n) is 5.28. The fraction of sp³-hybridized carbons (Fsp3) is 0.500. The van der Waals surface area contributed by atoms with Gasteiger partial charge in [-0.2, -0.15) is 0 Å². The summed E-state index contributed by atoms with van der Waals surface area (Å²) in [5.41, 5.74) is 1.67. The van der Waals surface area contributed by atoms with Gasteiger partial charge < -0.3 is 4.90 Å².